The molecule has 0 fully saturated rings. The number of hydrogen-bond acceptors (Lipinski definition) is 4. The van der Waals surface area contributed by atoms with E-state index in [1.165, 1.54) is 4.68 Å². The summed E-state index contributed by atoms with van der Waals surface area (Å²) in [5, 5.41) is 11.7. The van der Waals surface area contributed by atoms with E-state index in [0.29, 0.717) is 12.2 Å². The smallest absolute Gasteiger partial charge is 0.350 e. The van der Waals surface area contributed by atoms with Gasteiger partial charge in [-0.1, -0.05) is 23.7 Å². The molecule has 8 heteroatoms. The zero-order valence-corrected chi connectivity index (χ0v) is 15.3. The molecule has 25 heavy (non-hydrogen) atoms. The summed E-state index contributed by atoms with van der Waals surface area (Å²) in [7, 11) is 0. The molecule has 3 rings (SSSR count). The molecule has 134 valence electrons. The van der Waals surface area contributed by atoms with Gasteiger partial charge in [-0.15, -0.1) is 17.5 Å². The van der Waals surface area contributed by atoms with Crippen LogP contribution in [0.15, 0.2) is 53.5 Å². The summed E-state index contributed by atoms with van der Waals surface area (Å²) >= 11 is 5.94. The zero-order chi connectivity index (χ0) is 16.8. The van der Waals surface area contributed by atoms with Crippen molar-refractivity contribution in [3.05, 3.63) is 64.2 Å². The number of aryl methyl sites for hydroxylation is 1. The fourth-order valence-corrected chi connectivity index (χ4v) is 2.68. The second-order valence-electron chi connectivity index (χ2n) is 5.48. The standard InChI is InChI=1S/C17H20ClN5O.ClH/c18-14-5-3-6-15(13-14)20-10-9-19-8-4-12-23-17(24)22-11-2-1-7-16(22)21-23;/h1-3,5-7,11,13,19-20H,4,8-10,12H2;1H. The molecule has 2 heterocycles. The van der Waals surface area contributed by atoms with Crippen LogP contribution < -0.4 is 16.3 Å². The first-order valence-corrected chi connectivity index (χ1v) is 8.36. The van der Waals surface area contributed by atoms with Gasteiger partial charge in [-0.3, -0.25) is 4.40 Å². The summed E-state index contributed by atoms with van der Waals surface area (Å²) in [6, 6.07) is 13.2. The number of benzene rings is 1. The van der Waals surface area contributed by atoms with Crippen molar-refractivity contribution in [2.24, 2.45) is 0 Å². The molecule has 0 saturated heterocycles. The third-order valence-corrected chi connectivity index (χ3v) is 3.90. The summed E-state index contributed by atoms with van der Waals surface area (Å²) in [4.78, 5) is 12.1. The summed E-state index contributed by atoms with van der Waals surface area (Å²) in [6.45, 7) is 3.09. The van der Waals surface area contributed by atoms with Gasteiger partial charge < -0.3 is 10.6 Å². The van der Waals surface area contributed by atoms with Crippen molar-refractivity contribution in [3.63, 3.8) is 0 Å². The third kappa shape index (κ3) is 5.22. The summed E-state index contributed by atoms with van der Waals surface area (Å²) in [5.74, 6) is 0. The van der Waals surface area contributed by atoms with Crippen LogP contribution in [0.5, 0.6) is 0 Å². The molecule has 0 spiro atoms. The average Bonchev–Trinajstić information content (AvgIpc) is 2.91. The van der Waals surface area contributed by atoms with E-state index in [2.05, 4.69) is 15.7 Å². The SMILES string of the molecule is Cl.O=c1n(CCCNCCNc2cccc(Cl)c2)nc2ccccn12. The van der Waals surface area contributed by atoms with Crippen molar-refractivity contribution < 1.29 is 0 Å². The van der Waals surface area contributed by atoms with Crippen molar-refractivity contribution in [2.45, 2.75) is 13.0 Å². The lowest BCUT2D eigenvalue weighted by molar-refractivity contribution is 0.535. The van der Waals surface area contributed by atoms with Crippen LogP contribution in [-0.4, -0.2) is 33.8 Å². The van der Waals surface area contributed by atoms with Crippen LogP contribution in [0.1, 0.15) is 6.42 Å². The largest absolute Gasteiger partial charge is 0.384 e. The number of nitrogens with zero attached hydrogens (tertiary/aromatic N) is 3. The molecule has 2 N–H and O–H groups in total. The predicted molar refractivity (Wildman–Crippen MR) is 104 cm³/mol. The minimum absolute atomic E-state index is 0. The lowest BCUT2D eigenvalue weighted by Gasteiger charge is -2.08. The maximum absolute atomic E-state index is 12.1. The van der Waals surface area contributed by atoms with E-state index in [0.717, 1.165) is 36.8 Å². The first kappa shape index (κ1) is 19.3. The second-order valence-corrected chi connectivity index (χ2v) is 5.91. The number of nitrogens with one attached hydrogen (secondary N) is 2. The van der Waals surface area contributed by atoms with Crippen LogP contribution in [0.2, 0.25) is 5.02 Å². The second kappa shape index (κ2) is 9.46. The molecular weight excluding hydrogens is 361 g/mol. The van der Waals surface area contributed by atoms with Crippen LogP contribution in [-0.2, 0) is 6.54 Å². The van der Waals surface area contributed by atoms with Gasteiger partial charge in [0.1, 0.15) is 0 Å². The van der Waals surface area contributed by atoms with E-state index in [4.69, 9.17) is 11.6 Å². The molecule has 0 bridgehead atoms. The highest BCUT2D eigenvalue weighted by Gasteiger charge is 2.04. The van der Waals surface area contributed by atoms with Crippen molar-refractivity contribution in [2.75, 3.05) is 25.0 Å². The van der Waals surface area contributed by atoms with Gasteiger partial charge >= 0.3 is 5.69 Å². The molecule has 2 aromatic heterocycles. The molecule has 0 aliphatic rings. The minimum Gasteiger partial charge on any atom is -0.384 e. The topological polar surface area (TPSA) is 63.4 Å². The summed E-state index contributed by atoms with van der Waals surface area (Å²) in [6.07, 6.45) is 2.59. The monoisotopic (exact) mass is 381 g/mol. The van der Waals surface area contributed by atoms with Crippen molar-refractivity contribution in [1.29, 1.82) is 0 Å². The number of anilines is 1. The molecule has 0 atom stereocenters. The van der Waals surface area contributed by atoms with Crippen molar-refractivity contribution in [1.82, 2.24) is 19.5 Å². The Morgan fingerprint density at radius 1 is 1.08 bits per heavy atom. The van der Waals surface area contributed by atoms with E-state index in [-0.39, 0.29) is 18.1 Å². The number of rotatable bonds is 8. The molecule has 3 aromatic rings. The molecule has 0 radical (unpaired) electrons. The first-order chi connectivity index (χ1) is 11.7. The molecule has 0 aliphatic carbocycles. The first-order valence-electron chi connectivity index (χ1n) is 7.98. The van der Waals surface area contributed by atoms with Crippen molar-refractivity contribution >= 4 is 35.3 Å². The van der Waals surface area contributed by atoms with Gasteiger partial charge in [0.2, 0.25) is 0 Å². The van der Waals surface area contributed by atoms with Crippen LogP contribution in [0.4, 0.5) is 5.69 Å². The predicted octanol–water partition coefficient (Wildman–Crippen LogP) is 2.66. The molecule has 6 nitrogen and oxygen atoms in total. The molecule has 0 saturated carbocycles. The Labute approximate surface area is 157 Å². The van der Waals surface area contributed by atoms with E-state index < -0.39 is 0 Å². The van der Waals surface area contributed by atoms with Crippen LogP contribution >= 0.6 is 24.0 Å². The van der Waals surface area contributed by atoms with Crippen LogP contribution in [0.25, 0.3) is 5.65 Å². The quantitative estimate of drug-likeness (QED) is 0.588. The Kier molecular flexibility index (Phi) is 7.31. The normalized spacial score (nSPS) is 10.6. The maximum Gasteiger partial charge on any atom is 0.350 e. The third-order valence-electron chi connectivity index (χ3n) is 3.67. The Bertz CT molecular complexity index is 861. The number of pyridine rings is 1. The number of halogens is 2. The van der Waals surface area contributed by atoms with E-state index in [1.54, 1.807) is 10.6 Å². The summed E-state index contributed by atoms with van der Waals surface area (Å²) < 4.78 is 3.07. The summed E-state index contributed by atoms with van der Waals surface area (Å²) in [5.41, 5.74) is 1.61. The average molecular weight is 382 g/mol. The maximum atomic E-state index is 12.1. The fourth-order valence-electron chi connectivity index (χ4n) is 2.49. The van der Waals surface area contributed by atoms with Gasteiger partial charge in [-0.25, -0.2) is 9.48 Å². The van der Waals surface area contributed by atoms with Gasteiger partial charge in [0.05, 0.1) is 0 Å². The minimum atomic E-state index is -0.0896. The highest BCUT2D eigenvalue weighted by Crippen LogP contribution is 2.14. The van der Waals surface area contributed by atoms with Gasteiger partial charge in [0, 0.05) is 36.5 Å². The number of aromatic nitrogens is 3. The van der Waals surface area contributed by atoms with Crippen molar-refractivity contribution in [3.8, 4) is 0 Å². The van der Waals surface area contributed by atoms with Gasteiger partial charge in [-0.05, 0) is 43.3 Å². The molecule has 0 amide bonds. The molecule has 0 aliphatic heterocycles. The van der Waals surface area contributed by atoms with Crippen LogP contribution in [0, 0.1) is 0 Å². The Morgan fingerprint density at radius 3 is 2.76 bits per heavy atom. The number of hydrogen-bond donors (Lipinski definition) is 2. The fraction of sp³-hybridized carbons (Fsp3) is 0.294. The van der Waals surface area contributed by atoms with E-state index in [9.17, 15) is 4.79 Å². The van der Waals surface area contributed by atoms with Gasteiger partial charge in [0.15, 0.2) is 5.65 Å². The Balaban J connectivity index is 0.00000225. The highest BCUT2D eigenvalue weighted by atomic mass is 35.5. The highest BCUT2D eigenvalue weighted by molar-refractivity contribution is 6.30. The zero-order valence-electron chi connectivity index (χ0n) is 13.7. The van der Waals surface area contributed by atoms with E-state index in [1.807, 2.05) is 42.5 Å². The Morgan fingerprint density at radius 2 is 1.96 bits per heavy atom. The number of fused-ring (bicyclic) bond motifs is 1. The molecule has 0 unspecified atom stereocenters. The molecule has 1 aromatic carbocycles. The van der Waals surface area contributed by atoms with E-state index >= 15 is 0 Å². The lowest BCUT2D eigenvalue weighted by atomic mass is 10.3. The van der Waals surface area contributed by atoms with Gasteiger partial charge in [0.25, 0.3) is 0 Å². The molecular formula is C17H21Cl2N5O. The van der Waals surface area contributed by atoms with Crippen LogP contribution in [0.3, 0.4) is 0 Å². The lowest BCUT2D eigenvalue weighted by Crippen LogP contribution is -2.26. The van der Waals surface area contributed by atoms with Gasteiger partial charge in [-0.2, -0.15) is 0 Å². The Hall–Kier alpha value is -2.02.